The second-order valence-corrected chi connectivity index (χ2v) is 6.13. The molecule has 0 saturated carbocycles. The fourth-order valence-electron chi connectivity index (χ4n) is 2.84. The van der Waals surface area contributed by atoms with Crippen molar-refractivity contribution in [2.45, 2.75) is 33.0 Å². The molecule has 1 aliphatic rings. The number of fused-ring (bicyclic) bond motifs is 1. The highest BCUT2D eigenvalue weighted by Crippen LogP contribution is 2.43. The van der Waals surface area contributed by atoms with E-state index in [2.05, 4.69) is 6.58 Å². The first kappa shape index (κ1) is 20.2. The standard InChI is InChI=1S/C19H26O7/c1-11(2)15(20)8-13-17(23-5)12(3)14-9-25-19(21)16(14)18(13)26-10-24-7-6-22-4/h15,20H,1,6-10H2,2-5H3. The lowest BCUT2D eigenvalue weighted by atomic mass is 9.93. The van der Waals surface area contributed by atoms with E-state index in [1.54, 1.807) is 21.1 Å². The summed E-state index contributed by atoms with van der Waals surface area (Å²) in [4.78, 5) is 12.3. The molecular weight excluding hydrogens is 340 g/mol. The van der Waals surface area contributed by atoms with E-state index in [4.69, 9.17) is 23.7 Å². The van der Waals surface area contributed by atoms with Crippen molar-refractivity contribution in [3.05, 3.63) is 34.4 Å². The van der Waals surface area contributed by atoms with Gasteiger partial charge in [0.15, 0.2) is 6.79 Å². The van der Waals surface area contributed by atoms with Crippen LogP contribution in [0.15, 0.2) is 12.2 Å². The van der Waals surface area contributed by atoms with Crippen LogP contribution in [0.3, 0.4) is 0 Å². The third-order valence-electron chi connectivity index (χ3n) is 4.31. The Morgan fingerprint density at radius 3 is 2.65 bits per heavy atom. The lowest BCUT2D eigenvalue weighted by Crippen LogP contribution is -2.17. The molecule has 0 amide bonds. The minimum Gasteiger partial charge on any atom is -0.496 e. The maximum atomic E-state index is 12.3. The second-order valence-electron chi connectivity index (χ2n) is 6.13. The van der Waals surface area contributed by atoms with Gasteiger partial charge in [0.1, 0.15) is 23.7 Å². The number of esters is 1. The van der Waals surface area contributed by atoms with Crippen LogP contribution in [0.1, 0.15) is 34.0 Å². The number of ether oxygens (including phenoxy) is 5. The maximum Gasteiger partial charge on any atom is 0.342 e. The fourth-order valence-corrected chi connectivity index (χ4v) is 2.84. The van der Waals surface area contributed by atoms with Gasteiger partial charge in [-0.15, -0.1) is 0 Å². The van der Waals surface area contributed by atoms with Gasteiger partial charge in [0.05, 0.1) is 26.4 Å². The SMILES string of the molecule is C=C(C)C(O)Cc1c(OC)c(C)c2c(c1OCOCCOC)C(=O)OC2. The Balaban J connectivity index is 2.44. The third-order valence-corrected chi connectivity index (χ3v) is 4.31. The Hall–Kier alpha value is -2.09. The van der Waals surface area contributed by atoms with Crippen molar-refractivity contribution < 1.29 is 33.6 Å². The minimum absolute atomic E-state index is 0.0640. The Morgan fingerprint density at radius 2 is 2.04 bits per heavy atom. The zero-order valence-corrected chi connectivity index (χ0v) is 15.7. The van der Waals surface area contributed by atoms with Crippen molar-refractivity contribution in [2.24, 2.45) is 0 Å². The number of carbonyl (C=O) groups excluding carboxylic acids is 1. The quantitative estimate of drug-likeness (QED) is 0.294. The summed E-state index contributed by atoms with van der Waals surface area (Å²) in [7, 11) is 3.12. The van der Waals surface area contributed by atoms with Gasteiger partial charge in [0.2, 0.25) is 0 Å². The summed E-state index contributed by atoms with van der Waals surface area (Å²) < 4.78 is 26.8. The van der Waals surface area contributed by atoms with Crippen molar-refractivity contribution in [2.75, 3.05) is 34.2 Å². The van der Waals surface area contributed by atoms with Crippen LogP contribution in [0.25, 0.3) is 0 Å². The maximum absolute atomic E-state index is 12.3. The van der Waals surface area contributed by atoms with E-state index in [-0.39, 0.29) is 19.8 Å². The lowest BCUT2D eigenvalue weighted by molar-refractivity contribution is -0.00956. The largest absolute Gasteiger partial charge is 0.496 e. The molecular formula is C19H26O7. The van der Waals surface area contributed by atoms with E-state index in [0.717, 1.165) is 11.1 Å². The molecule has 1 aromatic rings. The molecule has 1 heterocycles. The Morgan fingerprint density at radius 1 is 1.31 bits per heavy atom. The molecule has 0 radical (unpaired) electrons. The van der Waals surface area contributed by atoms with Gasteiger partial charge in [-0.2, -0.15) is 0 Å². The molecule has 144 valence electrons. The van der Waals surface area contributed by atoms with Gasteiger partial charge >= 0.3 is 5.97 Å². The third kappa shape index (κ3) is 4.17. The van der Waals surface area contributed by atoms with E-state index in [1.807, 2.05) is 6.92 Å². The summed E-state index contributed by atoms with van der Waals surface area (Å²) in [5.41, 5.74) is 3.09. The number of rotatable bonds is 10. The van der Waals surface area contributed by atoms with Crippen LogP contribution in [0.4, 0.5) is 0 Å². The molecule has 1 N–H and O–H groups in total. The number of methoxy groups -OCH3 is 2. The number of cyclic esters (lactones) is 1. The number of hydrogen-bond acceptors (Lipinski definition) is 7. The average Bonchev–Trinajstić information content (AvgIpc) is 2.99. The summed E-state index contributed by atoms with van der Waals surface area (Å²) >= 11 is 0. The molecule has 0 aliphatic carbocycles. The average molecular weight is 366 g/mol. The summed E-state index contributed by atoms with van der Waals surface area (Å²) in [6.45, 7) is 8.27. The number of hydrogen-bond donors (Lipinski definition) is 1. The molecule has 1 aliphatic heterocycles. The topological polar surface area (TPSA) is 83.5 Å². The molecule has 2 rings (SSSR count). The van der Waals surface area contributed by atoms with E-state index >= 15 is 0 Å². The molecule has 1 unspecified atom stereocenters. The van der Waals surface area contributed by atoms with Crippen molar-refractivity contribution in [3.63, 3.8) is 0 Å². The van der Waals surface area contributed by atoms with Crippen LogP contribution in [-0.2, 0) is 27.2 Å². The van der Waals surface area contributed by atoms with Crippen molar-refractivity contribution in [1.82, 2.24) is 0 Å². The smallest absolute Gasteiger partial charge is 0.342 e. The molecule has 26 heavy (non-hydrogen) atoms. The molecule has 7 nitrogen and oxygen atoms in total. The summed E-state index contributed by atoms with van der Waals surface area (Å²) in [6.07, 6.45) is -0.594. The van der Waals surface area contributed by atoms with Gasteiger partial charge in [-0.05, 0) is 19.4 Å². The summed E-state index contributed by atoms with van der Waals surface area (Å²) in [5, 5.41) is 10.3. The molecule has 7 heteroatoms. The minimum atomic E-state index is -0.796. The van der Waals surface area contributed by atoms with Crippen LogP contribution >= 0.6 is 0 Å². The monoisotopic (exact) mass is 366 g/mol. The Labute approximate surface area is 153 Å². The first-order chi connectivity index (χ1) is 12.4. The van der Waals surface area contributed by atoms with Crippen LogP contribution in [0.5, 0.6) is 11.5 Å². The van der Waals surface area contributed by atoms with E-state index < -0.39 is 12.1 Å². The first-order valence-corrected chi connectivity index (χ1v) is 8.34. The Bertz CT molecular complexity index is 681. The second kappa shape index (κ2) is 9.02. The van der Waals surface area contributed by atoms with E-state index in [9.17, 15) is 9.90 Å². The van der Waals surface area contributed by atoms with Crippen LogP contribution < -0.4 is 9.47 Å². The van der Waals surface area contributed by atoms with E-state index in [1.165, 1.54) is 0 Å². The van der Waals surface area contributed by atoms with Crippen molar-refractivity contribution >= 4 is 5.97 Å². The van der Waals surface area contributed by atoms with Gasteiger partial charge in [0.25, 0.3) is 0 Å². The summed E-state index contributed by atoms with van der Waals surface area (Å²) in [6, 6.07) is 0. The van der Waals surface area contributed by atoms with Gasteiger partial charge in [-0.25, -0.2) is 4.79 Å². The predicted molar refractivity (Wildman–Crippen MR) is 94.7 cm³/mol. The predicted octanol–water partition coefficient (Wildman–Crippen LogP) is 2.15. The molecule has 0 spiro atoms. The Kier molecular flexibility index (Phi) is 7.02. The molecule has 1 atom stereocenters. The number of aliphatic hydroxyl groups excluding tert-OH is 1. The van der Waals surface area contributed by atoms with Crippen LogP contribution in [0, 0.1) is 6.92 Å². The van der Waals surface area contributed by atoms with Crippen LogP contribution in [-0.4, -0.2) is 51.4 Å². The summed E-state index contributed by atoms with van der Waals surface area (Å²) in [5.74, 6) is 0.431. The molecule has 1 aromatic carbocycles. The normalized spacial score (nSPS) is 14.0. The molecule has 0 bridgehead atoms. The lowest BCUT2D eigenvalue weighted by Gasteiger charge is -2.21. The van der Waals surface area contributed by atoms with Gasteiger partial charge < -0.3 is 28.8 Å². The van der Waals surface area contributed by atoms with E-state index in [0.29, 0.717) is 41.4 Å². The number of aliphatic hydroxyl groups is 1. The zero-order chi connectivity index (χ0) is 19.3. The van der Waals surface area contributed by atoms with Crippen molar-refractivity contribution in [1.29, 1.82) is 0 Å². The van der Waals surface area contributed by atoms with Crippen LogP contribution in [0.2, 0.25) is 0 Å². The van der Waals surface area contributed by atoms with Gasteiger partial charge in [-0.3, -0.25) is 0 Å². The zero-order valence-electron chi connectivity index (χ0n) is 15.7. The van der Waals surface area contributed by atoms with Crippen molar-refractivity contribution in [3.8, 4) is 11.5 Å². The molecule has 0 aromatic heterocycles. The molecule has 0 saturated heterocycles. The van der Waals surface area contributed by atoms with Gasteiger partial charge in [-0.1, -0.05) is 12.2 Å². The van der Waals surface area contributed by atoms with Gasteiger partial charge in [0, 0.05) is 24.7 Å². The molecule has 0 fully saturated rings. The highest BCUT2D eigenvalue weighted by molar-refractivity contribution is 5.98. The highest BCUT2D eigenvalue weighted by Gasteiger charge is 2.34. The number of benzene rings is 1. The fraction of sp³-hybridized carbons (Fsp3) is 0.526. The first-order valence-electron chi connectivity index (χ1n) is 8.34. The number of carbonyl (C=O) groups is 1. The highest BCUT2D eigenvalue weighted by atomic mass is 16.7.